The van der Waals surface area contributed by atoms with Crippen LogP contribution in [0.5, 0.6) is 0 Å². The van der Waals surface area contributed by atoms with Gasteiger partial charge in [0.05, 0.1) is 11.7 Å². The van der Waals surface area contributed by atoms with E-state index >= 15 is 0 Å². The second-order valence-corrected chi connectivity index (χ2v) is 8.47. The van der Waals surface area contributed by atoms with Crippen molar-refractivity contribution in [1.82, 2.24) is 0 Å². The third-order valence-electron chi connectivity index (χ3n) is 6.40. The fourth-order valence-electron chi connectivity index (χ4n) is 4.74. The molecule has 1 saturated heterocycles. The summed E-state index contributed by atoms with van der Waals surface area (Å²) < 4.78 is 12.6. The summed E-state index contributed by atoms with van der Waals surface area (Å²) >= 11 is 0. The summed E-state index contributed by atoms with van der Waals surface area (Å²) in [5.41, 5.74) is 6.61. The third-order valence-corrected chi connectivity index (χ3v) is 6.40. The van der Waals surface area contributed by atoms with E-state index in [0.717, 1.165) is 25.2 Å². The monoisotopic (exact) mass is 279 g/mol. The average Bonchev–Trinajstić information content (AvgIpc) is 2.72. The summed E-state index contributed by atoms with van der Waals surface area (Å²) in [6.07, 6.45) is 4.84. The molecule has 4 fully saturated rings. The van der Waals surface area contributed by atoms with Crippen molar-refractivity contribution in [2.45, 2.75) is 77.9 Å². The maximum Gasteiger partial charge on any atom is 0.475 e. The summed E-state index contributed by atoms with van der Waals surface area (Å²) in [7, 11) is -0.195. The summed E-state index contributed by atoms with van der Waals surface area (Å²) in [4.78, 5) is 0. The van der Waals surface area contributed by atoms with Gasteiger partial charge in [0.15, 0.2) is 0 Å². The Labute approximate surface area is 124 Å². The van der Waals surface area contributed by atoms with Crippen molar-refractivity contribution in [1.29, 1.82) is 0 Å². The highest BCUT2D eigenvalue weighted by atomic mass is 16.7. The zero-order chi connectivity index (χ0) is 14.7. The van der Waals surface area contributed by atoms with Gasteiger partial charge in [-0.05, 0) is 55.8 Å². The van der Waals surface area contributed by atoms with Crippen molar-refractivity contribution in [3.63, 3.8) is 0 Å². The van der Waals surface area contributed by atoms with Gasteiger partial charge in [-0.25, -0.2) is 0 Å². The molecule has 1 heterocycles. The lowest BCUT2D eigenvalue weighted by Gasteiger charge is -2.64. The first kappa shape index (κ1) is 14.9. The van der Waals surface area contributed by atoms with Crippen LogP contribution in [-0.2, 0) is 9.31 Å². The molecule has 1 aliphatic heterocycles. The van der Waals surface area contributed by atoms with Gasteiger partial charge in [0.1, 0.15) is 0 Å². The van der Waals surface area contributed by atoms with E-state index in [1.165, 1.54) is 6.42 Å². The Morgan fingerprint density at radius 2 is 1.90 bits per heavy atom. The van der Waals surface area contributed by atoms with E-state index in [4.69, 9.17) is 15.0 Å². The number of hydrogen-bond donors (Lipinski definition) is 1. The Balaban J connectivity index is 1.66. The Hall–Kier alpha value is -0.0551. The summed E-state index contributed by atoms with van der Waals surface area (Å²) in [5, 5.41) is 0. The molecular weight excluding hydrogens is 249 g/mol. The maximum atomic E-state index is 6.39. The fourth-order valence-corrected chi connectivity index (χ4v) is 4.74. The van der Waals surface area contributed by atoms with Gasteiger partial charge in [-0.2, -0.15) is 0 Å². The van der Waals surface area contributed by atoms with Crippen LogP contribution < -0.4 is 5.73 Å². The lowest BCUT2D eigenvalue weighted by molar-refractivity contribution is -0.199. The van der Waals surface area contributed by atoms with Crippen LogP contribution in [-0.4, -0.2) is 24.8 Å². The van der Waals surface area contributed by atoms with Crippen LogP contribution in [0.25, 0.3) is 0 Å². The van der Waals surface area contributed by atoms with E-state index in [0.29, 0.717) is 17.3 Å². The zero-order valence-electron chi connectivity index (χ0n) is 13.7. The first-order chi connectivity index (χ1) is 9.25. The van der Waals surface area contributed by atoms with Crippen LogP contribution in [0.15, 0.2) is 0 Å². The van der Waals surface area contributed by atoms with Gasteiger partial charge in [-0.3, -0.25) is 0 Å². The number of nitrogens with two attached hydrogens (primary N) is 1. The number of rotatable bonds is 4. The number of hydrogen-bond acceptors (Lipinski definition) is 3. The molecular formula is C16H30BNO2. The summed E-state index contributed by atoms with van der Waals surface area (Å²) in [5.74, 6) is 2.13. The van der Waals surface area contributed by atoms with Crippen LogP contribution in [0.3, 0.4) is 0 Å². The van der Waals surface area contributed by atoms with E-state index in [9.17, 15) is 0 Å². The minimum absolute atomic E-state index is 0.0140. The highest BCUT2D eigenvalue weighted by Gasteiger charge is 2.68. The molecule has 2 N–H and O–H groups in total. The molecule has 0 aromatic rings. The van der Waals surface area contributed by atoms with Gasteiger partial charge >= 0.3 is 7.12 Å². The van der Waals surface area contributed by atoms with Crippen molar-refractivity contribution in [3.8, 4) is 0 Å². The summed E-state index contributed by atoms with van der Waals surface area (Å²) in [6.45, 7) is 11.5. The Kier molecular flexibility index (Phi) is 3.51. The van der Waals surface area contributed by atoms with E-state index < -0.39 is 0 Å². The van der Waals surface area contributed by atoms with Crippen LogP contribution in [0.1, 0.15) is 60.3 Å². The molecule has 0 amide bonds. The van der Waals surface area contributed by atoms with Gasteiger partial charge in [0.25, 0.3) is 0 Å². The van der Waals surface area contributed by atoms with Gasteiger partial charge in [0.2, 0.25) is 0 Å². The summed E-state index contributed by atoms with van der Waals surface area (Å²) in [6, 6.07) is 0. The van der Waals surface area contributed by atoms with Gasteiger partial charge in [-0.15, -0.1) is 0 Å². The molecule has 0 radical (unpaired) electrons. The molecule has 4 aliphatic rings. The molecule has 3 saturated carbocycles. The molecule has 3 aliphatic carbocycles. The molecule has 0 spiro atoms. The molecule has 4 heteroatoms. The van der Waals surface area contributed by atoms with Crippen LogP contribution in [0.4, 0.5) is 0 Å². The molecule has 114 valence electrons. The van der Waals surface area contributed by atoms with Gasteiger partial charge in [-0.1, -0.05) is 27.7 Å². The lowest BCUT2D eigenvalue weighted by atomic mass is 9.43. The quantitative estimate of drug-likeness (QED) is 0.804. The maximum absolute atomic E-state index is 6.39. The van der Waals surface area contributed by atoms with Crippen molar-refractivity contribution < 1.29 is 9.31 Å². The SMILES string of the molecule is CC(C)CC[C@H](N)B1O[C@@H]2C[C@@H]3C[C@@H](C3(C)C)[C@]2(C)O1. The topological polar surface area (TPSA) is 44.5 Å². The first-order valence-corrected chi connectivity index (χ1v) is 8.34. The second kappa shape index (κ2) is 4.72. The van der Waals surface area contributed by atoms with Crippen LogP contribution in [0, 0.1) is 23.2 Å². The minimum atomic E-state index is -0.195. The van der Waals surface area contributed by atoms with Crippen LogP contribution in [0.2, 0.25) is 0 Å². The Morgan fingerprint density at radius 3 is 2.50 bits per heavy atom. The molecule has 0 aromatic heterocycles. The Morgan fingerprint density at radius 1 is 1.20 bits per heavy atom. The first-order valence-electron chi connectivity index (χ1n) is 8.34. The van der Waals surface area contributed by atoms with Crippen molar-refractivity contribution in [2.75, 3.05) is 0 Å². The molecule has 5 atom stereocenters. The van der Waals surface area contributed by atoms with Crippen molar-refractivity contribution >= 4 is 7.12 Å². The smallest absolute Gasteiger partial charge is 0.404 e. The Bertz CT molecular complexity index is 387. The minimum Gasteiger partial charge on any atom is -0.404 e. The molecule has 4 rings (SSSR count). The third kappa shape index (κ3) is 2.07. The predicted octanol–water partition coefficient (Wildman–Crippen LogP) is 3.02. The van der Waals surface area contributed by atoms with Crippen molar-refractivity contribution in [3.05, 3.63) is 0 Å². The van der Waals surface area contributed by atoms with Gasteiger partial charge < -0.3 is 15.0 Å². The highest BCUT2D eigenvalue weighted by molar-refractivity contribution is 6.47. The fraction of sp³-hybridized carbons (Fsp3) is 1.00. The molecule has 3 nitrogen and oxygen atoms in total. The van der Waals surface area contributed by atoms with Crippen molar-refractivity contribution in [2.24, 2.45) is 28.9 Å². The lowest BCUT2D eigenvalue weighted by Crippen LogP contribution is -2.65. The van der Waals surface area contributed by atoms with E-state index in [-0.39, 0.29) is 24.8 Å². The molecule has 2 bridgehead atoms. The average molecular weight is 279 g/mol. The molecule has 0 aromatic carbocycles. The molecule has 20 heavy (non-hydrogen) atoms. The van der Waals surface area contributed by atoms with Crippen LogP contribution >= 0.6 is 0 Å². The largest absolute Gasteiger partial charge is 0.475 e. The second-order valence-electron chi connectivity index (χ2n) is 8.47. The van der Waals surface area contributed by atoms with E-state index in [2.05, 4.69) is 34.6 Å². The molecule has 0 unspecified atom stereocenters. The van der Waals surface area contributed by atoms with E-state index in [1.807, 2.05) is 0 Å². The normalized spacial score (nSPS) is 43.4. The zero-order valence-corrected chi connectivity index (χ0v) is 13.7. The van der Waals surface area contributed by atoms with E-state index in [1.54, 1.807) is 0 Å². The van der Waals surface area contributed by atoms with Gasteiger partial charge in [0, 0.05) is 5.94 Å². The predicted molar refractivity (Wildman–Crippen MR) is 82.2 cm³/mol. The highest BCUT2D eigenvalue weighted by Crippen LogP contribution is 2.65. The standard InChI is InChI=1S/C16H30BNO2/c1-10(2)6-7-14(18)17-19-13-9-11-8-12(15(11,3)4)16(13,5)20-17/h10-14H,6-9,18H2,1-5H3/t11-,12-,13+,14-,16-/m0/s1.